The number of aryl methyl sites for hydroxylation is 1. The average Bonchev–Trinajstić information content (AvgIpc) is 2.62. The molecule has 0 heterocycles. The summed E-state index contributed by atoms with van der Waals surface area (Å²) >= 11 is 0. The molecule has 0 aromatic heterocycles. The van der Waals surface area contributed by atoms with Gasteiger partial charge in [0.05, 0.1) is 14.2 Å². The van der Waals surface area contributed by atoms with Crippen LogP contribution >= 0.6 is 0 Å². The van der Waals surface area contributed by atoms with E-state index in [4.69, 9.17) is 9.47 Å². The van der Waals surface area contributed by atoms with Gasteiger partial charge in [-0.15, -0.1) is 0 Å². The average molecular weight is 341 g/mol. The lowest BCUT2D eigenvalue weighted by atomic mass is 10.1. The number of ether oxygens (including phenoxy) is 2. The normalized spacial score (nSPS) is 10.2. The van der Waals surface area contributed by atoms with E-state index in [-0.39, 0.29) is 11.7 Å². The van der Waals surface area contributed by atoms with Crippen LogP contribution < -0.4 is 14.8 Å². The Morgan fingerprint density at radius 1 is 0.960 bits per heavy atom. The van der Waals surface area contributed by atoms with Gasteiger partial charge in [0.25, 0.3) is 0 Å². The molecule has 0 spiro atoms. The standard InChI is InChI=1S/C20H23NO4/c1-14(22)16-8-10-17(11-9-16)21-20(23)6-4-5-15-7-12-18(24-2)19(13-15)25-3/h7-13H,4-6H2,1-3H3,(H,21,23). The molecule has 0 aliphatic rings. The lowest BCUT2D eigenvalue weighted by Crippen LogP contribution is -2.11. The second-order valence-corrected chi connectivity index (χ2v) is 5.72. The third-order valence-electron chi connectivity index (χ3n) is 3.89. The van der Waals surface area contributed by atoms with E-state index in [1.165, 1.54) is 6.92 Å². The summed E-state index contributed by atoms with van der Waals surface area (Å²) in [5, 5.41) is 2.84. The molecule has 0 fully saturated rings. The van der Waals surface area contributed by atoms with Gasteiger partial charge in [0.2, 0.25) is 5.91 Å². The number of carbonyl (C=O) groups excluding carboxylic acids is 2. The van der Waals surface area contributed by atoms with E-state index in [1.54, 1.807) is 38.5 Å². The van der Waals surface area contributed by atoms with Crippen LogP contribution in [0.5, 0.6) is 11.5 Å². The number of benzene rings is 2. The van der Waals surface area contributed by atoms with Crippen molar-refractivity contribution in [1.82, 2.24) is 0 Å². The fourth-order valence-electron chi connectivity index (χ4n) is 2.50. The molecule has 0 aliphatic heterocycles. The van der Waals surface area contributed by atoms with Gasteiger partial charge in [0.1, 0.15) is 0 Å². The van der Waals surface area contributed by atoms with Crippen LogP contribution in [0, 0.1) is 0 Å². The minimum absolute atomic E-state index is 0.00722. The number of anilines is 1. The van der Waals surface area contributed by atoms with E-state index in [9.17, 15) is 9.59 Å². The predicted molar refractivity (Wildman–Crippen MR) is 97.6 cm³/mol. The minimum atomic E-state index is -0.0453. The van der Waals surface area contributed by atoms with Crippen molar-refractivity contribution >= 4 is 17.4 Å². The summed E-state index contributed by atoms with van der Waals surface area (Å²) in [6, 6.07) is 12.7. The second kappa shape index (κ2) is 8.87. The molecular weight excluding hydrogens is 318 g/mol. The van der Waals surface area contributed by atoms with Gasteiger partial charge in [-0.25, -0.2) is 0 Å². The molecule has 5 nitrogen and oxygen atoms in total. The number of Topliss-reactive ketones (excluding diaryl/α,β-unsaturated/α-hetero) is 1. The Kier molecular flexibility index (Phi) is 6.57. The van der Waals surface area contributed by atoms with Crippen molar-refractivity contribution in [1.29, 1.82) is 0 Å². The molecule has 25 heavy (non-hydrogen) atoms. The summed E-state index contributed by atoms with van der Waals surface area (Å²) in [5.74, 6) is 1.34. The van der Waals surface area contributed by atoms with Gasteiger partial charge < -0.3 is 14.8 Å². The molecule has 132 valence electrons. The van der Waals surface area contributed by atoms with Crippen LogP contribution in [-0.2, 0) is 11.2 Å². The van der Waals surface area contributed by atoms with Crippen molar-refractivity contribution in [2.75, 3.05) is 19.5 Å². The van der Waals surface area contributed by atoms with Crippen molar-refractivity contribution in [2.24, 2.45) is 0 Å². The highest BCUT2D eigenvalue weighted by molar-refractivity contribution is 5.95. The minimum Gasteiger partial charge on any atom is -0.493 e. The van der Waals surface area contributed by atoms with E-state index < -0.39 is 0 Å². The number of rotatable bonds is 8. The first-order valence-electron chi connectivity index (χ1n) is 8.15. The molecular formula is C20H23NO4. The number of methoxy groups -OCH3 is 2. The fourth-order valence-corrected chi connectivity index (χ4v) is 2.50. The molecule has 0 atom stereocenters. The van der Waals surface area contributed by atoms with E-state index in [0.717, 1.165) is 18.4 Å². The zero-order valence-electron chi connectivity index (χ0n) is 14.8. The van der Waals surface area contributed by atoms with Crippen LogP contribution in [0.15, 0.2) is 42.5 Å². The molecule has 0 radical (unpaired) electrons. The van der Waals surface area contributed by atoms with Gasteiger partial charge in [0.15, 0.2) is 17.3 Å². The molecule has 0 saturated heterocycles. The van der Waals surface area contributed by atoms with Crippen molar-refractivity contribution in [3.05, 3.63) is 53.6 Å². The Balaban J connectivity index is 1.83. The zero-order valence-corrected chi connectivity index (χ0v) is 14.8. The topological polar surface area (TPSA) is 64.6 Å². The van der Waals surface area contributed by atoms with Crippen LogP contribution in [0.1, 0.15) is 35.7 Å². The first-order chi connectivity index (χ1) is 12.0. The molecule has 2 rings (SSSR count). The molecule has 0 bridgehead atoms. The summed E-state index contributed by atoms with van der Waals surface area (Å²) in [4.78, 5) is 23.3. The fraction of sp³-hybridized carbons (Fsp3) is 0.300. The smallest absolute Gasteiger partial charge is 0.224 e. The largest absolute Gasteiger partial charge is 0.493 e. The number of nitrogens with one attached hydrogen (secondary N) is 1. The first kappa shape index (κ1) is 18.5. The Morgan fingerprint density at radius 3 is 2.24 bits per heavy atom. The molecule has 2 aromatic carbocycles. The van der Waals surface area contributed by atoms with Gasteiger partial charge >= 0.3 is 0 Å². The molecule has 0 saturated carbocycles. The van der Waals surface area contributed by atoms with E-state index in [2.05, 4.69) is 5.32 Å². The van der Waals surface area contributed by atoms with Gasteiger partial charge in [-0.05, 0) is 61.7 Å². The molecule has 2 aromatic rings. The van der Waals surface area contributed by atoms with Crippen LogP contribution in [-0.4, -0.2) is 25.9 Å². The summed E-state index contributed by atoms with van der Waals surface area (Å²) in [6.07, 6.45) is 1.92. The summed E-state index contributed by atoms with van der Waals surface area (Å²) < 4.78 is 10.5. The molecule has 0 aliphatic carbocycles. The van der Waals surface area contributed by atoms with E-state index in [1.807, 2.05) is 18.2 Å². The molecule has 0 unspecified atom stereocenters. The van der Waals surface area contributed by atoms with Crippen LogP contribution in [0.3, 0.4) is 0 Å². The maximum absolute atomic E-state index is 12.0. The number of hydrogen-bond acceptors (Lipinski definition) is 4. The summed E-state index contributed by atoms with van der Waals surface area (Å²) in [7, 11) is 3.21. The van der Waals surface area contributed by atoms with E-state index >= 15 is 0 Å². The molecule has 1 amide bonds. The quantitative estimate of drug-likeness (QED) is 0.740. The van der Waals surface area contributed by atoms with Crippen molar-refractivity contribution in [2.45, 2.75) is 26.2 Å². The number of amides is 1. The Bertz CT molecular complexity index is 738. The molecule has 1 N–H and O–H groups in total. The van der Waals surface area contributed by atoms with Crippen molar-refractivity contribution in [3.8, 4) is 11.5 Å². The van der Waals surface area contributed by atoms with Gasteiger partial charge in [0, 0.05) is 17.7 Å². The lowest BCUT2D eigenvalue weighted by Gasteiger charge is -2.10. The lowest BCUT2D eigenvalue weighted by molar-refractivity contribution is -0.116. The number of ketones is 1. The zero-order chi connectivity index (χ0) is 18.2. The van der Waals surface area contributed by atoms with Crippen molar-refractivity contribution in [3.63, 3.8) is 0 Å². The highest BCUT2D eigenvalue weighted by atomic mass is 16.5. The van der Waals surface area contributed by atoms with Crippen LogP contribution in [0.2, 0.25) is 0 Å². The van der Waals surface area contributed by atoms with Crippen molar-refractivity contribution < 1.29 is 19.1 Å². The maximum atomic E-state index is 12.0. The Hall–Kier alpha value is -2.82. The summed E-state index contributed by atoms with van der Waals surface area (Å²) in [6.45, 7) is 1.52. The SMILES string of the molecule is COc1ccc(CCCC(=O)Nc2ccc(C(C)=O)cc2)cc1OC. The first-order valence-corrected chi connectivity index (χ1v) is 8.15. The van der Waals surface area contributed by atoms with Gasteiger partial charge in [-0.2, -0.15) is 0 Å². The second-order valence-electron chi connectivity index (χ2n) is 5.72. The predicted octanol–water partition coefficient (Wildman–Crippen LogP) is 3.87. The van der Waals surface area contributed by atoms with Crippen LogP contribution in [0.25, 0.3) is 0 Å². The van der Waals surface area contributed by atoms with Gasteiger partial charge in [-0.1, -0.05) is 6.07 Å². The highest BCUT2D eigenvalue weighted by Crippen LogP contribution is 2.28. The van der Waals surface area contributed by atoms with Gasteiger partial charge in [-0.3, -0.25) is 9.59 Å². The number of carbonyl (C=O) groups is 2. The Morgan fingerprint density at radius 2 is 1.64 bits per heavy atom. The van der Waals surface area contributed by atoms with Crippen LogP contribution in [0.4, 0.5) is 5.69 Å². The summed E-state index contributed by atoms with van der Waals surface area (Å²) in [5.41, 5.74) is 2.42. The monoisotopic (exact) mass is 341 g/mol. The third-order valence-corrected chi connectivity index (χ3v) is 3.89. The maximum Gasteiger partial charge on any atom is 0.224 e. The molecule has 5 heteroatoms. The van der Waals surface area contributed by atoms with E-state index in [0.29, 0.717) is 29.2 Å². The Labute approximate surface area is 148 Å². The highest BCUT2D eigenvalue weighted by Gasteiger charge is 2.07. The third kappa shape index (κ3) is 5.35. The number of hydrogen-bond donors (Lipinski definition) is 1.